The summed E-state index contributed by atoms with van der Waals surface area (Å²) in [5.74, 6) is 0. The van der Waals surface area contributed by atoms with Gasteiger partial charge in [0.1, 0.15) is 0 Å². The lowest BCUT2D eigenvalue weighted by Gasteiger charge is -2.34. The first kappa shape index (κ1) is 16.4. The molecule has 0 amide bonds. The molecule has 0 fully saturated rings. The minimum atomic E-state index is -4.31. The maximum Gasteiger partial charge on any atom is 0.401 e. The van der Waals surface area contributed by atoms with Crippen LogP contribution in [0.15, 0.2) is 17.5 Å². The van der Waals surface area contributed by atoms with E-state index in [1.807, 2.05) is 12.3 Å². The number of aliphatic hydroxyl groups is 1. The molecule has 1 heterocycles. The fraction of sp³-hybridized carbons (Fsp3) is 0.667. The van der Waals surface area contributed by atoms with Crippen molar-refractivity contribution in [3.8, 4) is 0 Å². The van der Waals surface area contributed by atoms with Crippen LogP contribution in [0.5, 0.6) is 0 Å². The lowest BCUT2D eigenvalue weighted by molar-refractivity contribution is -0.153. The molecule has 110 valence electrons. The third kappa shape index (κ3) is 5.10. The van der Waals surface area contributed by atoms with Crippen LogP contribution in [0.3, 0.4) is 0 Å². The number of aliphatic hydroxyl groups excluding tert-OH is 1. The molecule has 7 heteroatoms. The third-order valence-electron chi connectivity index (χ3n) is 2.87. The van der Waals surface area contributed by atoms with Gasteiger partial charge < -0.3 is 10.8 Å². The normalized spacial score (nSPS) is 15.7. The Bertz CT molecular complexity index is 356. The van der Waals surface area contributed by atoms with E-state index in [1.165, 1.54) is 16.2 Å². The largest absolute Gasteiger partial charge is 0.401 e. The zero-order valence-electron chi connectivity index (χ0n) is 10.7. The van der Waals surface area contributed by atoms with Crippen molar-refractivity contribution < 1.29 is 18.3 Å². The summed E-state index contributed by atoms with van der Waals surface area (Å²) in [5, 5.41) is 10.8. The summed E-state index contributed by atoms with van der Waals surface area (Å²) in [6.45, 7) is 0.407. The average Bonchev–Trinajstić information content (AvgIpc) is 2.80. The SMILES string of the molecule is CCC(N)C(c1cccs1)N(CCO)CC(F)(F)F. The highest BCUT2D eigenvalue weighted by molar-refractivity contribution is 7.10. The summed E-state index contributed by atoms with van der Waals surface area (Å²) >= 11 is 1.38. The van der Waals surface area contributed by atoms with Gasteiger partial charge in [-0.3, -0.25) is 4.90 Å². The van der Waals surface area contributed by atoms with Crippen LogP contribution in [0.1, 0.15) is 24.3 Å². The van der Waals surface area contributed by atoms with E-state index in [2.05, 4.69) is 0 Å². The van der Waals surface area contributed by atoms with E-state index in [9.17, 15) is 13.2 Å². The van der Waals surface area contributed by atoms with E-state index in [-0.39, 0.29) is 13.2 Å². The van der Waals surface area contributed by atoms with Crippen LogP contribution in [0.4, 0.5) is 13.2 Å². The minimum Gasteiger partial charge on any atom is -0.395 e. The molecule has 0 saturated heterocycles. The number of alkyl halides is 3. The second-order valence-corrected chi connectivity index (χ2v) is 5.32. The van der Waals surface area contributed by atoms with Crippen LogP contribution >= 0.6 is 11.3 Å². The topological polar surface area (TPSA) is 49.5 Å². The van der Waals surface area contributed by atoms with Crippen molar-refractivity contribution >= 4 is 11.3 Å². The number of hydrogen-bond donors (Lipinski definition) is 2. The lowest BCUT2D eigenvalue weighted by Crippen LogP contribution is -2.45. The number of nitrogens with zero attached hydrogens (tertiary/aromatic N) is 1. The van der Waals surface area contributed by atoms with E-state index in [1.54, 1.807) is 12.1 Å². The van der Waals surface area contributed by atoms with Crippen molar-refractivity contribution in [2.75, 3.05) is 19.7 Å². The van der Waals surface area contributed by atoms with Crippen molar-refractivity contribution in [1.29, 1.82) is 0 Å². The molecule has 1 aromatic heterocycles. The van der Waals surface area contributed by atoms with Crippen LogP contribution in [0, 0.1) is 0 Å². The molecule has 0 spiro atoms. The second-order valence-electron chi connectivity index (χ2n) is 4.34. The summed E-state index contributed by atoms with van der Waals surface area (Å²) < 4.78 is 37.9. The Kier molecular flexibility index (Phi) is 6.25. The highest BCUT2D eigenvalue weighted by Gasteiger charge is 2.36. The van der Waals surface area contributed by atoms with Crippen molar-refractivity contribution in [3.63, 3.8) is 0 Å². The fourth-order valence-corrected chi connectivity index (χ4v) is 2.95. The van der Waals surface area contributed by atoms with Gasteiger partial charge in [-0.25, -0.2) is 0 Å². The third-order valence-corrected chi connectivity index (χ3v) is 3.82. The zero-order valence-corrected chi connectivity index (χ0v) is 11.5. The molecule has 3 N–H and O–H groups in total. The lowest BCUT2D eigenvalue weighted by atomic mass is 10.0. The highest BCUT2D eigenvalue weighted by Crippen LogP contribution is 2.31. The van der Waals surface area contributed by atoms with E-state index in [0.29, 0.717) is 6.42 Å². The summed E-state index contributed by atoms with van der Waals surface area (Å²) in [4.78, 5) is 2.01. The number of hydrogen-bond acceptors (Lipinski definition) is 4. The molecular weight excluding hydrogens is 277 g/mol. The Labute approximate surface area is 114 Å². The Morgan fingerprint density at radius 2 is 2.16 bits per heavy atom. The summed E-state index contributed by atoms with van der Waals surface area (Å²) in [5.41, 5.74) is 5.97. The molecule has 0 aliphatic heterocycles. The van der Waals surface area contributed by atoms with Crippen LogP contribution in [0.25, 0.3) is 0 Å². The minimum absolute atomic E-state index is 0.0459. The molecule has 1 aromatic rings. The standard InChI is InChI=1S/C12H19F3N2OS/c1-2-9(16)11(10-4-3-7-19-10)17(5-6-18)8-12(13,14)15/h3-4,7,9,11,18H,2,5-6,8,16H2,1H3. The van der Waals surface area contributed by atoms with Crippen molar-refractivity contribution in [1.82, 2.24) is 4.90 Å². The van der Waals surface area contributed by atoms with Gasteiger partial charge in [0.15, 0.2) is 0 Å². The molecular formula is C12H19F3N2OS. The first-order valence-electron chi connectivity index (χ1n) is 6.09. The summed E-state index contributed by atoms with van der Waals surface area (Å²) in [7, 11) is 0. The number of rotatable bonds is 7. The number of thiophene rings is 1. The van der Waals surface area contributed by atoms with Gasteiger partial charge in [-0.15, -0.1) is 11.3 Å². The molecule has 0 aliphatic carbocycles. The fourth-order valence-electron chi connectivity index (χ4n) is 2.02. The maximum absolute atomic E-state index is 12.6. The molecule has 19 heavy (non-hydrogen) atoms. The maximum atomic E-state index is 12.6. The predicted octanol–water partition coefficient (Wildman–Crippen LogP) is 2.38. The van der Waals surface area contributed by atoms with Gasteiger partial charge in [-0.05, 0) is 17.9 Å². The molecule has 0 aliphatic rings. The molecule has 2 atom stereocenters. The average molecular weight is 296 g/mol. The Hall–Kier alpha value is -0.630. The van der Waals surface area contributed by atoms with Gasteiger partial charge >= 0.3 is 6.18 Å². The Morgan fingerprint density at radius 3 is 2.58 bits per heavy atom. The molecule has 1 rings (SSSR count). The monoisotopic (exact) mass is 296 g/mol. The van der Waals surface area contributed by atoms with Gasteiger partial charge in [0, 0.05) is 17.5 Å². The van der Waals surface area contributed by atoms with Gasteiger partial charge in [0.2, 0.25) is 0 Å². The van der Waals surface area contributed by atoms with Gasteiger partial charge in [0.05, 0.1) is 19.2 Å². The number of halogens is 3. The molecule has 3 nitrogen and oxygen atoms in total. The Balaban J connectivity index is 2.97. The van der Waals surface area contributed by atoms with Crippen LogP contribution in [-0.4, -0.2) is 41.9 Å². The van der Waals surface area contributed by atoms with Gasteiger partial charge in [-0.2, -0.15) is 13.2 Å². The quantitative estimate of drug-likeness (QED) is 0.812. The Morgan fingerprint density at radius 1 is 1.47 bits per heavy atom. The van der Waals surface area contributed by atoms with E-state index in [0.717, 1.165) is 4.88 Å². The smallest absolute Gasteiger partial charge is 0.395 e. The van der Waals surface area contributed by atoms with Crippen LogP contribution in [-0.2, 0) is 0 Å². The molecule has 0 bridgehead atoms. The van der Waals surface area contributed by atoms with E-state index >= 15 is 0 Å². The number of nitrogens with two attached hydrogens (primary N) is 1. The zero-order chi connectivity index (χ0) is 14.5. The molecule has 2 unspecified atom stereocenters. The summed E-state index contributed by atoms with van der Waals surface area (Å²) in [6, 6.07) is 2.66. The molecule has 0 aromatic carbocycles. The van der Waals surface area contributed by atoms with E-state index < -0.39 is 24.8 Å². The van der Waals surface area contributed by atoms with E-state index in [4.69, 9.17) is 10.8 Å². The molecule has 0 saturated carbocycles. The van der Waals surface area contributed by atoms with Gasteiger partial charge in [-0.1, -0.05) is 13.0 Å². The van der Waals surface area contributed by atoms with Crippen molar-refractivity contribution in [2.45, 2.75) is 31.6 Å². The summed E-state index contributed by atoms with van der Waals surface area (Å²) in [6.07, 6.45) is -3.74. The van der Waals surface area contributed by atoms with Gasteiger partial charge in [0.25, 0.3) is 0 Å². The highest BCUT2D eigenvalue weighted by atomic mass is 32.1. The van der Waals surface area contributed by atoms with Crippen LogP contribution < -0.4 is 5.73 Å². The second kappa shape index (κ2) is 7.23. The first-order chi connectivity index (χ1) is 8.89. The van der Waals surface area contributed by atoms with Crippen LogP contribution in [0.2, 0.25) is 0 Å². The first-order valence-corrected chi connectivity index (χ1v) is 6.97. The van der Waals surface area contributed by atoms with Crippen molar-refractivity contribution in [3.05, 3.63) is 22.4 Å². The predicted molar refractivity (Wildman–Crippen MR) is 70.0 cm³/mol. The van der Waals surface area contributed by atoms with Crippen molar-refractivity contribution in [2.24, 2.45) is 5.73 Å². The molecule has 0 radical (unpaired) electrons.